The molecule has 24 heavy (non-hydrogen) atoms. The quantitative estimate of drug-likeness (QED) is 0.514. The molecular weight excluding hydrogens is 376 g/mol. The van der Waals surface area contributed by atoms with Gasteiger partial charge in [-0.25, -0.2) is 8.42 Å². The highest BCUT2D eigenvalue weighted by Crippen LogP contribution is 2.27. The second-order valence-corrected chi connectivity index (χ2v) is 7.67. The molecule has 1 aromatic rings. The second kappa shape index (κ2) is 8.08. The Hall–Kier alpha value is -1.46. The first kappa shape index (κ1) is 18.9. The van der Waals surface area contributed by atoms with E-state index in [1.54, 1.807) is 0 Å². The summed E-state index contributed by atoms with van der Waals surface area (Å²) in [6.07, 6.45) is 0. The molecule has 1 fully saturated rings. The van der Waals surface area contributed by atoms with Gasteiger partial charge in [0, 0.05) is 20.0 Å². The molecule has 2 rings (SSSR count). The van der Waals surface area contributed by atoms with E-state index in [2.05, 4.69) is 16.2 Å². The number of carbonyl (C=O) groups excluding carboxylic acids is 1. The number of carbonyl (C=O) groups is 1. The third-order valence-electron chi connectivity index (χ3n) is 3.15. The van der Waals surface area contributed by atoms with Crippen LogP contribution in [0.25, 0.3) is 0 Å². The van der Waals surface area contributed by atoms with Gasteiger partial charge in [-0.3, -0.25) is 15.6 Å². The molecule has 1 aliphatic rings. The summed E-state index contributed by atoms with van der Waals surface area (Å²) >= 11 is 11.1. The first-order valence-corrected chi connectivity index (χ1v) is 9.24. The fraction of sp³-hybridized carbons (Fsp3) is 0.385. The molecule has 0 atom stereocenters. The molecule has 3 N–H and O–H groups in total. The van der Waals surface area contributed by atoms with Gasteiger partial charge >= 0.3 is 0 Å². The highest BCUT2D eigenvalue weighted by Gasteiger charge is 2.26. The lowest BCUT2D eigenvalue weighted by Gasteiger charge is -2.26. The van der Waals surface area contributed by atoms with E-state index in [1.165, 1.54) is 29.4 Å². The average Bonchev–Trinajstić information content (AvgIpc) is 2.55. The van der Waals surface area contributed by atoms with Crippen LogP contribution in [0.5, 0.6) is 0 Å². The van der Waals surface area contributed by atoms with Crippen LogP contribution in [0.15, 0.2) is 23.1 Å². The number of halogens is 1. The fourth-order valence-electron chi connectivity index (χ4n) is 2.00. The van der Waals surface area contributed by atoms with E-state index in [0.717, 1.165) is 0 Å². The lowest BCUT2D eigenvalue weighted by atomic mass is 10.3. The van der Waals surface area contributed by atoms with Gasteiger partial charge < -0.3 is 10.1 Å². The summed E-state index contributed by atoms with van der Waals surface area (Å²) in [5.41, 5.74) is 5.08. The molecule has 0 radical (unpaired) electrons. The Kier molecular flexibility index (Phi) is 6.35. The topological polar surface area (TPSA) is 99.8 Å². The molecular formula is C13H17ClN4O4S2. The summed E-state index contributed by atoms with van der Waals surface area (Å²) in [6, 6.07) is 4.30. The minimum atomic E-state index is -3.64. The van der Waals surface area contributed by atoms with Crippen molar-refractivity contribution in [3.63, 3.8) is 0 Å². The molecule has 0 aliphatic carbocycles. The van der Waals surface area contributed by atoms with Crippen LogP contribution in [-0.2, 0) is 19.6 Å². The Morgan fingerprint density at radius 1 is 1.29 bits per heavy atom. The number of hydrogen-bond acceptors (Lipinski definition) is 5. The Balaban J connectivity index is 2.18. The number of hydrazine groups is 1. The zero-order chi connectivity index (χ0) is 17.7. The second-order valence-electron chi connectivity index (χ2n) is 4.92. The van der Waals surface area contributed by atoms with Crippen LogP contribution >= 0.6 is 23.8 Å². The molecule has 1 heterocycles. The minimum absolute atomic E-state index is 0.0769. The maximum Gasteiger partial charge on any atom is 0.243 e. The molecule has 1 aliphatic heterocycles. The van der Waals surface area contributed by atoms with Crippen molar-refractivity contribution in [2.75, 3.05) is 31.6 Å². The van der Waals surface area contributed by atoms with Crippen molar-refractivity contribution < 1.29 is 17.9 Å². The largest absolute Gasteiger partial charge is 0.379 e. The highest BCUT2D eigenvalue weighted by molar-refractivity contribution is 7.89. The number of benzene rings is 1. The van der Waals surface area contributed by atoms with Gasteiger partial charge in [0.2, 0.25) is 15.9 Å². The van der Waals surface area contributed by atoms with Crippen molar-refractivity contribution in [2.45, 2.75) is 11.8 Å². The summed E-state index contributed by atoms with van der Waals surface area (Å²) in [4.78, 5) is 10.9. The van der Waals surface area contributed by atoms with Gasteiger partial charge in [0.1, 0.15) is 0 Å². The van der Waals surface area contributed by atoms with E-state index in [9.17, 15) is 13.2 Å². The number of thiocarbonyl (C=S) groups is 1. The summed E-state index contributed by atoms with van der Waals surface area (Å²) in [5.74, 6) is -0.325. The summed E-state index contributed by atoms with van der Waals surface area (Å²) in [6.45, 7) is 2.65. The van der Waals surface area contributed by atoms with Crippen molar-refractivity contribution in [1.82, 2.24) is 15.2 Å². The zero-order valence-electron chi connectivity index (χ0n) is 12.8. The third-order valence-corrected chi connectivity index (χ3v) is 5.57. The Morgan fingerprint density at radius 3 is 2.58 bits per heavy atom. The van der Waals surface area contributed by atoms with Gasteiger partial charge in [0.25, 0.3) is 0 Å². The SMILES string of the molecule is CC(=O)NNC(=S)Nc1cc(S(=O)(=O)N2CCOCC2)ccc1Cl. The van der Waals surface area contributed by atoms with Crippen molar-refractivity contribution in [3.8, 4) is 0 Å². The van der Waals surface area contributed by atoms with E-state index in [4.69, 9.17) is 28.6 Å². The maximum absolute atomic E-state index is 12.6. The number of nitrogens with one attached hydrogen (secondary N) is 3. The molecule has 0 aromatic heterocycles. The van der Waals surface area contributed by atoms with Gasteiger partial charge in [-0.1, -0.05) is 11.6 Å². The van der Waals surface area contributed by atoms with Gasteiger partial charge in [0.05, 0.1) is 28.8 Å². The monoisotopic (exact) mass is 392 g/mol. The Bertz CT molecular complexity index is 735. The molecule has 0 saturated carbocycles. The number of rotatable bonds is 3. The molecule has 0 unspecified atom stereocenters. The van der Waals surface area contributed by atoms with Crippen LogP contribution in [-0.4, -0.2) is 50.0 Å². The van der Waals surface area contributed by atoms with E-state index < -0.39 is 10.0 Å². The molecule has 1 saturated heterocycles. The Labute approximate surface area is 150 Å². The molecule has 1 aromatic carbocycles. The number of sulfonamides is 1. The molecule has 0 bridgehead atoms. The summed E-state index contributed by atoms with van der Waals surface area (Å²) in [5, 5.41) is 3.12. The first-order chi connectivity index (χ1) is 11.3. The smallest absolute Gasteiger partial charge is 0.243 e. The number of ether oxygens (including phenoxy) is 1. The highest BCUT2D eigenvalue weighted by atomic mass is 35.5. The summed E-state index contributed by atoms with van der Waals surface area (Å²) in [7, 11) is -3.64. The van der Waals surface area contributed by atoms with Crippen molar-refractivity contribution >= 4 is 50.5 Å². The van der Waals surface area contributed by atoms with Gasteiger partial charge in [-0.05, 0) is 30.4 Å². The third kappa shape index (κ3) is 4.77. The average molecular weight is 393 g/mol. The molecule has 0 spiro atoms. The number of hydrogen-bond donors (Lipinski definition) is 3. The normalized spacial score (nSPS) is 15.6. The van der Waals surface area contributed by atoms with Gasteiger partial charge in [-0.2, -0.15) is 4.31 Å². The van der Waals surface area contributed by atoms with E-state index >= 15 is 0 Å². The van der Waals surface area contributed by atoms with E-state index in [1.807, 2.05) is 0 Å². The molecule has 11 heteroatoms. The van der Waals surface area contributed by atoms with Crippen molar-refractivity contribution in [1.29, 1.82) is 0 Å². The lowest BCUT2D eigenvalue weighted by Crippen LogP contribution is -2.42. The fourth-order valence-corrected chi connectivity index (χ4v) is 3.76. The van der Waals surface area contributed by atoms with Crippen LogP contribution in [0.1, 0.15) is 6.92 Å². The predicted molar refractivity (Wildman–Crippen MR) is 94.2 cm³/mol. The van der Waals surface area contributed by atoms with Crippen LogP contribution in [0.2, 0.25) is 5.02 Å². The van der Waals surface area contributed by atoms with E-state index in [0.29, 0.717) is 37.0 Å². The zero-order valence-corrected chi connectivity index (χ0v) is 15.2. The molecule has 1 amide bonds. The maximum atomic E-state index is 12.6. The van der Waals surface area contributed by atoms with Crippen molar-refractivity contribution in [3.05, 3.63) is 23.2 Å². The molecule has 132 valence electrons. The lowest BCUT2D eigenvalue weighted by molar-refractivity contribution is -0.119. The van der Waals surface area contributed by atoms with Crippen LogP contribution < -0.4 is 16.2 Å². The predicted octanol–water partition coefficient (Wildman–Crippen LogP) is 0.698. The van der Waals surface area contributed by atoms with Gasteiger partial charge in [0.15, 0.2) is 5.11 Å². The molecule has 8 nitrogen and oxygen atoms in total. The number of amides is 1. The standard InChI is InChI=1S/C13H17ClN4O4S2/c1-9(19)16-17-13(23)15-12-8-10(2-3-11(12)14)24(20,21)18-4-6-22-7-5-18/h2-3,8H,4-7H2,1H3,(H,16,19)(H2,15,17,23). The van der Waals surface area contributed by atoms with Crippen LogP contribution in [0.4, 0.5) is 5.69 Å². The Morgan fingerprint density at radius 2 is 1.96 bits per heavy atom. The van der Waals surface area contributed by atoms with Gasteiger partial charge in [-0.15, -0.1) is 0 Å². The number of nitrogens with zero attached hydrogens (tertiary/aromatic N) is 1. The number of morpholine rings is 1. The minimum Gasteiger partial charge on any atom is -0.379 e. The van der Waals surface area contributed by atoms with Crippen LogP contribution in [0.3, 0.4) is 0 Å². The number of anilines is 1. The van der Waals surface area contributed by atoms with Crippen LogP contribution in [0, 0.1) is 0 Å². The summed E-state index contributed by atoms with van der Waals surface area (Å²) < 4.78 is 31.8. The first-order valence-electron chi connectivity index (χ1n) is 7.02. The van der Waals surface area contributed by atoms with Crippen molar-refractivity contribution in [2.24, 2.45) is 0 Å². The van der Waals surface area contributed by atoms with E-state index in [-0.39, 0.29) is 15.9 Å².